The number of hydrogen-bond donors (Lipinski definition) is 2. The largest absolute Gasteiger partial charge is 0.492 e. The molecule has 2 aromatic carbocycles. The summed E-state index contributed by atoms with van der Waals surface area (Å²) in [5.74, 6) is 0.699. The van der Waals surface area contributed by atoms with Crippen LogP contribution in [0.5, 0.6) is 5.75 Å². The summed E-state index contributed by atoms with van der Waals surface area (Å²) in [4.78, 5) is 2.36. The molecule has 7 nitrogen and oxygen atoms in total. The van der Waals surface area contributed by atoms with Gasteiger partial charge < -0.3 is 19.7 Å². The van der Waals surface area contributed by atoms with E-state index < -0.39 is 10.0 Å². The highest BCUT2D eigenvalue weighted by molar-refractivity contribution is 7.92. The second-order valence-corrected chi connectivity index (χ2v) is 8.22. The summed E-state index contributed by atoms with van der Waals surface area (Å²) in [6.45, 7) is 6.18. The third kappa shape index (κ3) is 5.99. The van der Waals surface area contributed by atoms with Crippen LogP contribution < -0.4 is 19.7 Å². The molecule has 9 heteroatoms. The summed E-state index contributed by atoms with van der Waals surface area (Å²) >= 11 is 0. The Labute approximate surface area is 178 Å². The van der Waals surface area contributed by atoms with Crippen molar-refractivity contribution >= 4 is 33.8 Å². The number of nitrogens with one attached hydrogen (secondary N) is 2. The second kappa shape index (κ2) is 10.7. The summed E-state index contributed by atoms with van der Waals surface area (Å²) in [5.41, 5.74) is 2.21. The minimum absolute atomic E-state index is 0. The molecule has 1 heterocycles. The lowest BCUT2D eigenvalue weighted by molar-refractivity contribution is 0.185. The number of halogens is 1. The van der Waals surface area contributed by atoms with Gasteiger partial charge in [-0.1, -0.05) is 12.1 Å². The fourth-order valence-electron chi connectivity index (χ4n) is 3.20. The monoisotopic (exact) mass is 441 g/mol. The Bertz CT molecular complexity index is 902. The van der Waals surface area contributed by atoms with Crippen LogP contribution in [0.3, 0.4) is 0 Å². The lowest BCUT2D eigenvalue weighted by Gasteiger charge is -2.31. The van der Waals surface area contributed by atoms with Crippen LogP contribution in [0.25, 0.3) is 0 Å². The molecule has 0 bridgehead atoms. The molecule has 1 saturated heterocycles. The van der Waals surface area contributed by atoms with E-state index in [-0.39, 0.29) is 17.3 Å². The lowest BCUT2D eigenvalue weighted by atomic mass is 10.2. The van der Waals surface area contributed by atoms with Crippen molar-refractivity contribution in [2.24, 2.45) is 0 Å². The summed E-state index contributed by atoms with van der Waals surface area (Å²) in [6.07, 6.45) is 0. The van der Waals surface area contributed by atoms with Gasteiger partial charge in [-0.05, 0) is 42.8 Å². The Hall–Kier alpha value is -2.00. The number of piperazine rings is 1. The smallest absolute Gasteiger partial charge is 0.261 e. The predicted molar refractivity (Wildman–Crippen MR) is 118 cm³/mol. The molecule has 2 N–H and O–H groups in total. The summed E-state index contributed by atoms with van der Waals surface area (Å²) in [6, 6.07) is 12.2. The summed E-state index contributed by atoms with van der Waals surface area (Å²) in [5, 5.41) is 3.31. The van der Waals surface area contributed by atoms with Gasteiger partial charge in [0.1, 0.15) is 5.75 Å². The van der Waals surface area contributed by atoms with Crippen molar-refractivity contribution in [1.29, 1.82) is 0 Å². The van der Waals surface area contributed by atoms with Crippen LogP contribution in [0, 0.1) is 0 Å². The van der Waals surface area contributed by atoms with Crippen molar-refractivity contribution in [2.45, 2.75) is 18.4 Å². The van der Waals surface area contributed by atoms with E-state index in [1.54, 1.807) is 43.5 Å². The number of hydrogen-bond acceptors (Lipinski definition) is 6. The molecular weight excluding hydrogens is 414 g/mol. The van der Waals surface area contributed by atoms with E-state index in [1.165, 1.54) is 0 Å². The maximum absolute atomic E-state index is 13.0. The quantitative estimate of drug-likeness (QED) is 0.655. The number of methoxy groups -OCH3 is 1. The highest BCUT2D eigenvalue weighted by Gasteiger charge is 2.21. The maximum Gasteiger partial charge on any atom is 0.261 e. The van der Waals surface area contributed by atoms with Gasteiger partial charge in [-0.3, -0.25) is 4.72 Å². The Morgan fingerprint density at radius 2 is 1.90 bits per heavy atom. The van der Waals surface area contributed by atoms with Gasteiger partial charge in [0.05, 0.1) is 23.8 Å². The molecule has 0 radical (unpaired) electrons. The number of benzene rings is 2. The van der Waals surface area contributed by atoms with Gasteiger partial charge in [-0.2, -0.15) is 0 Å². The Morgan fingerprint density at radius 1 is 1.14 bits per heavy atom. The first-order valence-electron chi connectivity index (χ1n) is 9.36. The van der Waals surface area contributed by atoms with E-state index in [9.17, 15) is 8.42 Å². The number of nitrogens with zero attached hydrogens (tertiary/aromatic N) is 1. The fourth-order valence-corrected chi connectivity index (χ4v) is 4.27. The molecule has 29 heavy (non-hydrogen) atoms. The molecule has 0 spiro atoms. The van der Waals surface area contributed by atoms with Crippen molar-refractivity contribution < 1.29 is 17.9 Å². The van der Waals surface area contributed by atoms with E-state index in [0.717, 1.165) is 37.4 Å². The zero-order valence-electron chi connectivity index (χ0n) is 16.7. The van der Waals surface area contributed by atoms with E-state index >= 15 is 0 Å². The standard InChI is InChI=1S/C20H27N3O4S.ClH/c1-3-27-20-8-7-18(14-19(20)23-11-9-21-10-12-23)28(24,25)22-17-6-4-5-16(13-17)15-26-2;/h4-8,13-14,21-22H,3,9-12,15H2,1-2H3;1H. The van der Waals surface area contributed by atoms with Crippen molar-refractivity contribution in [3.05, 3.63) is 48.0 Å². The molecule has 0 unspecified atom stereocenters. The minimum Gasteiger partial charge on any atom is -0.492 e. The van der Waals surface area contributed by atoms with Gasteiger partial charge in [0.2, 0.25) is 0 Å². The molecule has 1 fully saturated rings. The maximum atomic E-state index is 13.0. The van der Waals surface area contributed by atoms with Crippen LogP contribution in [0.4, 0.5) is 11.4 Å². The minimum atomic E-state index is -3.73. The van der Waals surface area contributed by atoms with Crippen LogP contribution in [-0.4, -0.2) is 48.3 Å². The fraction of sp³-hybridized carbons (Fsp3) is 0.400. The van der Waals surface area contributed by atoms with Crippen molar-refractivity contribution in [3.63, 3.8) is 0 Å². The molecule has 0 amide bonds. The Balaban J connectivity index is 0.00000300. The van der Waals surface area contributed by atoms with Crippen molar-refractivity contribution in [3.8, 4) is 5.75 Å². The first-order valence-corrected chi connectivity index (χ1v) is 10.8. The van der Waals surface area contributed by atoms with E-state index in [2.05, 4.69) is 14.9 Å². The molecule has 0 saturated carbocycles. The van der Waals surface area contributed by atoms with Gasteiger partial charge in [-0.15, -0.1) is 12.4 Å². The van der Waals surface area contributed by atoms with Gasteiger partial charge in [-0.25, -0.2) is 8.42 Å². The molecule has 0 aliphatic carbocycles. The molecule has 1 aliphatic heterocycles. The normalized spacial score (nSPS) is 14.2. The average Bonchev–Trinajstić information content (AvgIpc) is 2.69. The molecule has 3 rings (SSSR count). The van der Waals surface area contributed by atoms with E-state index in [4.69, 9.17) is 9.47 Å². The first kappa shape index (κ1) is 23.3. The highest BCUT2D eigenvalue weighted by Crippen LogP contribution is 2.32. The molecule has 1 aliphatic rings. The van der Waals surface area contributed by atoms with Crippen LogP contribution >= 0.6 is 12.4 Å². The molecule has 0 atom stereocenters. The van der Waals surface area contributed by atoms with Crippen LogP contribution in [0.1, 0.15) is 12.5 Å². The molecule has 0 aromatic heterocycles. The van der Waals surface area contributed by atoms with Crippen LogP contribution in [0.2, 0.25) is 0 Å². The number of anilines is 2. The van der Waals surface area contributed by atoms with Gasteiger partial charge in [0.25, 0.3) is 10.0 Å². The Kier molecular flexibility index (Phi) is 8.58. The van der Waals surface area contributed by atoms with Gasteiger partial charge in [0, 0.05) is 39.0 Å². The van der Waals surface area contributed by atoms with Gasteiger partial charge >= 0.3 is 0 Å². The Morgan fingerprint density at radius 3 is 2.59 bits per heavy atom. The second-order valence-electron chi connectivity index (χ2n) is 6.54. The van der Waals surface area contributed by atoms with Crippen LogP contribution in [-0.2, 0) is 21.4 Å². The lowest BCUT2D eigenvalue weighted by Crippen LogP contribution is -2.43. The number of ether oxygens (including phenoxy) is 2. The topological polar surface area (TPSA) is 79.9 Å². The summed E-state index contributed by atoms with van der Waals surface area (Å²) < 4.78 is 39.4. The average molecular weight is 442 g/mol. The predicted octanol–water partition coefficient (Wildman–Crippen LogP) is 2.86. The third-order valence-corrected chi connectivity index (χ3v) is 5.87. The molecule has 160 valence electrons. The third-order valence-electron chi connectivity index (χ3n) is 4.49. The molecular formula is C20H28ClN3O4S. The van der Waals surface area contributed by atoms with E-state index in [1.807, 2.05) is 13.0 Å². The zero-order chi connectivity index (χ0) is 20.0. The van der Waals surface area contributed by atoms with Crippen LogP contribution in [0.15, 0.2) is 47.4 Å². The van der Waals surface area contributed by atoms with E-state index in [0.29, 0.717) is 24.7 Å². The zero-order valence-corrected chi connectivity index (χ0v) is 18.3. The van der Waals surface area contributed by atoms with Crippen molar-refractivity contribution in [2.75, 3.05) is 49.5 Å². The highest BCUT2D eigenvalue weighted by atomic mass is 35.5. The first-order chi connectivity index (χ1) is 13.5. The number of sulfonamides is 1. The summed E-state index contributed by atoms with van der Waals surface area (Å²) in [7, 11) is -2.12. The van der Waals surface area contributed by atoms with Crippen molar-refractivity contribution in [1.82, 2.24) is 5.32 Å². The number of rotatable bonds is 8. The molecule has 2 aromatic rings. The SMILES string of the molecule is CCOc1ccc(S(=O)(=O)Nc2cccc(COC)c2)cc1N1CCNCC1.Cl. The van der Waals surface area contributed by atoms with Gasteiger partial charge in [0.15, 0.2) is 0 Å².